The number of carbonyl (C=O) groups excluding carboxylic acids is 1. The first-order valence-electron chi connectivity index (χ1n) is 9.80. The van der Waals surface area contributed by atoms with Gasteiger partial charge in [0.1, 0.15) is 11.5 Å². The Hall–Kier alpha value is -2.25. The van der Waals surface area contributed by atoms with Crippen LogP contribution in [0.3, 0.4) is 0 Å². The van der Waals surface area contributed by atoms with Gasteiger partial charge in [-0.2, -0.15) is 0 Å². The van der Waals surface area contributed by atoms with E-state index in [1.807, 2.05) is 17.0 Å². The summed E-state index contributed by atoms with van der Waals surface area (Å²) in [5.41, 5.74) is 1.74. The van der Waals surface area contributed by atoms with Gasteiger partial charge >= 0.3 is 0 Å². The summed E-state index contributed by atoms with van der Waals surface area (Å²) >= 11 is 0. The van der Waals surface area contributed by atoms with Crippen molar-refractivity contribution in [3.8, 4) is 11.5 Å². The fourth-order valence-electron chi connectivity index (χ4n) is 4.49. The number of hydrogen-bond acceptors (Lipinski definition) is 6. The molecule has 1 aliphatic carbocycles. The van der Waals surface area contributed by atoms with E-state index in [0.717, 1.165) is 49.4 Å². The first-order chi connectivity index (χ1) is 13.3. The summed E-state index contributed by atoms with van der Waals surface area (Å²) in [6, 6.07) is 4.12. The summed E-state index contributed by atoms with van der Waals surface area (Å²) in [6.07, 6.45) is 7.20. The van der Waals surface area contributed by atoms with Crippen molar-refractivity contribution in [2.24, 2.45) is 5.92 Å². The van der Waals surface area contributed by atoms with E-state index in [-0.39, 0.29) is 17.9 Å². The molecule has 0 aromatic carbocycles. The molecule has 1 saturated heterocycles. The number of aromatic nitrogens is 2. The second-order valence-electron chi connectivity index (χ2n) is 7.62. The molecular weight excluding hydrogens is 344 g/mol. The summed E-state index contributed by atoms with van der Waals surface area (Å²) in [5.74, 6) is 1.81. The Labute approximate surface area is 158 Å². The van der Waals surface area contributed by atoms with Crippen LogP contribution in [0.25, 0.3) is 11.5 Å². The number of fused-ring (bicyclic) bond motifs is 2. The summed E-state index contributed by atoms with van der Waals surface area (Å²) < 4.78 is 11.8. The standard InChI is InChI=1S/C20H24N4O3/c25-20(13-3-4-17-15(10-13)22-7-9-26-17)24-8-5-18-16(12-24)23-19(27-18)14-2-1-6-21-11-14/h1-2,6,11,13,15,17,22H,3-5,7-10,12H2/t13-,15+,17+/m0/s1. The molecule has 5 rings (SSSR count). The van der Waals surface area contributed by atoms with Crippen molar-refractivity contribution in [1.29, 1.82) is 0 Å². The largest absolute Gasteiger partial charge is 0.441 e. The Balaban J connectivity index is 1.28. The number of pyridine rings is 1. The summed E-state index contributed by atoms with van der Waals surface area (Å²) in [5, 5.41) is 3.52. The quantitative estimate of drug-likeness (QED) is 0.870. The molecule has 4 heterocycles. The van der Waals surface area contributed by atoms with Gasteiger partial charge in [-0.15, -0.1) is 0 Å². The van der Waals surface area contributed by atoms with Crippen LogP contribution >= 0.6 is 0 Å². The zero-order valence-electron chi connectivity index (χ0n) is 15.3. The summed E-state index contributed by atoms with van der Waals surface area (Å²) in [6.45, 7) is 2.89. The maximum absolute atomic E-state index is 13.1. The number of carbonyl (C=O) groups is 1. The number of oxazole rings is 1. The second kappa shape index (κ2) is 7.05. The van der Waals surface area contributed by atoms with Crippen LogP contribution in [0.4, 0.5) is 0 Å². The fraction of sp³-hybridized carbons (Fsp3) is 0.550. The smallest absolute Gasteiger partial charge is 0.228 e. The van der Waals surface area contributed by atoms with Crippen molar-refractivity contribution in [3.05, 3.63) is 36.0 Å². The van der Waals surface area contributed by atoms with Crippen molar-refractivity contribution in [3.63, 3.8) is 0 Å². The number of nitrogens with zero attached hydrogens (tertiary/aromatic N) is 3. The van der Waals surface area contributed by atoms with Crippen LogP contribution in [0.1, 0.15) is 30.7 Å². The molecule has 0 unspecified atom stereocenters. The number of morpholine rings is 1. The Morgan fingerprint density at radius 1 is 1.33 bits per heavy atom. The number of amides is 1. The van der Waals surface area contributed by atoms with Crippen LogP contribution in [-0.4, -0.2) is 52.6 Å². The van der Waals surface area contributed by atoms with Crippen LogP contribution in [0.5, 0.6) is 0 Å². The highest BCUT2D eigenvalue weighted by Crippen LogP contribution is 2.32. The van der Waals surface area contributed by atoms with Gasteiger partial charge in [-0.3, -0.25) is 9.78 Å². The zero-order valence-corrected chi connectivity index (χ0v) is 15.3. The maximum Gasteiger partial charge on any atom is 0.228 e. The topological polar surface area (TPSA) is 80.5 Å². The van der Waals surface area contributed by atoms with Crippen LogP contribution in [0.15, 0.2) is 28.9 Å². The van der Waals surface area contributed by atoms with E-state index in [1.165, 1.54) is 0 Å². The minimum absolute atomic E-state index is 0.0756. The number of hydrogen-bond donors (Lipinski definition) is 1. The molecule has 2 aromatic heterocycles. The lowest BCUT2D eigenvalue weighted by atomic mass is 9.82. The Morgan fingerprint density at radius 3 is 3.19 bits per heavy atom. The predicted molar refractivity (Wildman–Crippen MR) is 97.7 cm³/mol. The Kier molecular flexibility index (Phi) is 4.41. The molecule has 3 aliphatic rings. The first kappa shape index (κ1) is 16.9. The average Bonchev–Trinajstić information content (AvgIpc) is 3.17. The molecule has 2 aliphatic heterocycles. The molecule has 0 radical (unpaired) electrons. The minimum Gasteiger partial charge on any atom is -0.441 e. The van der Waals surface area contributed by atoms with Crippen molar-refractivity contribution in [1.82, 2.24) is 20.2 Å². The van der Waals surface area contributed by atoms with E-state index in [2.05, 4.69) is 15.3 Å². The average molecular weight is 368 g/mol. The van der Waals surface area contributed by atoms with E-state index in [9.17, 15) is 4.79 Å². The molecular formula is C20H24N4O3. The highest BCUT2D eigenvalue weighted by Gasteiger charge is 2.38. The molecule has 1 amide bonds. The van der Waals surface area contributed by atoms with E-state index >= 15 is 0 Å². The maximum atomic E-state index is 13.1. The molecule has 2 aromatic rings. The highest BCUT2D eigenvalue weighted by molar-refractivity contribution is 5.79. The molecule has 27 heavy (non-hydrogen) atoms. The second-order valence-corrected chi connectivity index (χ2v) is 7.62. The first-order valence-corrected chi connectivity index (χ1v) is 9.80. The molecule has 1 saturated carbocycles. The number of rotatable bonds is 2. The van der Waals surface area contributed by atoms with Crippen LogP contribution in [-0.2, 0) is 22.5 Å². The highest BCUT2D eigenvalue weighted by atomic mass is 16.5. The molecule has 7 heteroatoms. The molecule has 0 spiro atoms. The van der Waals surface area contributed by atoms with Gasteiger partial charge in [0.25, 0.3) is 0 Å². The molecule has 2 fully saturated rings. The molecule has 0 bridgehead atoms. The Morgan fingerprint density at radius 2 is 2.30 bits per heavy atom. The number of nitrogens with one attached hydrogen (secondary N) is 1. The lowest BCUT2D eigenvalue weighted by Crippen LogP contribution is -2.53. The third-order valence-corrected chi connectivity index (χ3v) is 5.92. The summed E-state index contributed by atoms with van der Waals surface area (Å²) in [4.78, 5) is 23.8. The van der Waals surface area contributed by atoms with Crippen molar-refractivity contribution < 1.29 is 13.9 Å². The SMILES string of the molecule is O=C([C@H]1CC[C@H]2OCCN[C@@H]2C1)N1CCc2oc(-c3cccnc3)nc2C1. The van der Waals surface area contributed by atoms with Gasteiger partial charge in [0.15, 0.2) is 0 Å². The Bertz CT molecular complexity index is 822. The minimum atomic E-state index is 0.0756. The van der Waals surface area contributed by atoms with Gasteiger partial charge in [0.05, 0.1) is 24.8 Å². The van der Waals surface area contributed by atoms with Gasteiger partial charge in [-0.1, -0.05) is 0 Å². The van der Waals surface area contributed by atoms with Crippen LogP contribution in [0.2, 0.25) is 0 Å². The van der Waals surface area contributed by atoms with Gasteiger partial charge in [0.2, 0.25) is 11.8 Å². The van der Waals surface area contributed by atoms with E-state index in [4.69, 9.17) is 9.15 Å². The fourth-order valence-corrected chi connectivity index (χ4v) is 4.49. The third-order valence-electron chi connectivity index (χ3n) is 5.92. The predicted octanol–water partition coefficient (Wildman–Crippen LogP) is 1.78. The summed E-state index contributed by atoms with van der Waals surface area (Å²) in [7, 11) is 0. The monoisotopic (exact) mass is 368 g/mol. The van der Waals surface area contributed by atoms with Gasteiger partial charge in [0, 0.05) is 43.9 Å². The third kappa shape index (κ3) is 3.26. The van der Waals surface area contributed by atoms with E-state index < -0.39 is 0 Å². The van der Waals surface area contributed by atoms with Crippen molar-refractivity contribution in [2.75, 3.05) is 19.7 Å². The van der Waals surface area contributed by atoms with Crippen molar-refractivity contribution >= 4 is 5.91 Å². The molecule has 3 atom stereocenters. The normalized spacial score (nSPS) is 27.7. The van der Waals surface area contributed by atoms with E-state index in [1.54, 1.807) is 12.4 Å². The van der Waals surface area contributed by atoms with Crippen LogP contribution < -0.4 is 5.32 Å². The lowest BCUT2D eigenvalue weighted by molar-refractivity contribution is -0.140. The van der Waals surface area contributed by atoms with Gasteiger partial charge in [-0.25, -0.2) is 4.98 Å². The lowest BCUT2D eigenvalue weighted by Gasteiger charge is -2.40. The van der Waals surface area contributed by atoms with Crippen molar-refractivity contribution in [2.45, 2.75) is 44.4 Å². The van der Waals surface area contributed by atoms with E-state index in [0.29, 0.717) is 31.4 Å². The van der Waals surface area contributed by atoms with Crippen LogP contribution in [0, 0.1) is 5.92 Å². The molecule has 142 valence electrons. The van der Waals surface area contributed by atoms with Gasteiger partial charge < -0.3 is 19.4 Å². The molecule has 1 N–H and O–H groups in total. The van der Waals surface area contributed by atoms with Gasteiger partial charge in [-0.05, 0) is 31.4 Å². The zero-order chi connectivity index (χ0) is 18.2. The number of ether oxygens (including phenoxy) is 1. The molecule has 7 nitrogen and oxygen atoms in total.